The molecule has 13 heavy (non-hydrogen) atoms. The third kappa shape index (κ3) is 1.58. The normalized spacial score (nSPS) is 10.2. The molecule has 0 aliphatic rings. The number of thioether (sulfide) groups is 1. The van der Waals surface area contributed by atoms with Gasteiger partial charge in [0.15, 0.2) is 0 Å². The predicted octanol–water partition coefficient (Wildman–Crippen LogP) is 1.99. The molecule has 0 fully saturated rings. The molecule has 0 bridgehead atoms. The van der Waals surface area contributed by atoms with Crippen LogP contribution < -0.4 is 0 Å². The van der Waals surface area contributed by atoms with Crippen LogP contribution in [0.3, 0.4) is 0 Å². The van der Waals surface area contributed by atoms with Crippen LogP contribution in [-0.4, -0.2) is 21.2 Å². The highest BCUT2D eigenvalue weighted by Crippen LogP contribution is 2.16. The Labute approximate surface area is 80.8 Å². The SMILES string of the molecule is CSc1cnnn1-c1ccccc1. The largest absolute Gasteiger partial charge is 0.207 e. The van der Waals surface area contributed by atoms with Crippen LogP contribution >= 0.6 is 11.8 Å². The number of hydrogen-bond acceptors (Lipinski definition) is 3. The van der Waals surface area contributed by atoms with Gasteiger partial charge in [-0.1, -0.05) is 23.4 Å². The highest BCUT2D eigenvalue weighted by molar-refractivity contribution is 7.98. The topological polar surface area (TPSA) is 30.7 Å². The van der Waals surface area contributed by atoms with Gasteiger partial charge in [-0.15, -0.1) is 16.9 Å². The maximum Gasteiger partial charge on any atom is 0.120 e. The second-order valence-corrected chi connectivity index (χ2v) is 3.35. The molecule has 0 saturated heterocycles. The molecule has 1 aromatic heterocycles. The Morgan fingerprint density at radius 1 is 1.23 bits per heavy atom. The number of aromatic nitrogens is 3. The van der Waals surface area contributed by atoms with Gasteiger partial charge in [0.05, 0.1) is 11.9 Å². The zero-order valence-electron chi connectivity index (χ0n) is 7.21. The third-order valence-electron chi connectivity index (χ3n) is 1.73. The Bertz CT molecular complexity index is 383. The van der Waals surface area contributed by atoms with E-state index in [9.17, 15) is 0 Å². The standard InChI is InChI=1S/C9H9N3S/c1-13-9-7-10-11-12(9)8-5-3-2-4-6-8/h2-7H,1H3. The fourth-order valence-corrected chi connectivity index (χ4v) is 1.58. The molecule has 0 saturated carbocycles. The maximum atomic E-state index is 4.00. The van der Waals surface area contributed by atoms with Crippen LogP contribution in [0.25, 0.3) is 5.69 Å². The smallest absolute Gasteiger partial charge is 0.120 e. The molecule has 0 unspecified atom stereocenters. The molecule has 0 amide bonds. The lowest BCUT2D eigenvalue weighted by Crippen LogP contribution is -1.97. The molecule has 4 heteroatoms. The number of nitrogens with zero attached hydrogens (tertiary/aromatic N) is 3. The Morgan fingerprint density at radius 3 is 2.69 bits per heavy atom. The van der Waals surface area contributed by atoms with E-state index in [0.29, 0.717) is 0 Å². The van der Waals surface area contributed by atoms with Crippen LogP contribution in [0.1, 0.15) is 0 Å². The first kappa shape index (κ1) is 8.31. The third-order valence-corrected chi connectivity index (χ3v) is 2.42. The Kier molecular flexibility index (Phi) is 2.31. The molecule has 0 aliphatic heterocycles. The van der Waals surface area contributed by atoms with Crippen molar-refractivity contribution in [3.63, 3.8) is 0 Å². The van der Waals surface area contributed by atoms with Crippen LogP contribution in [0.2, 0.25) is 0 Å². The molecule has 3 nitrogen and oxygen atoms in total. The van der Waals surface area contributed by atoms with Crippen LogP contribution in [0.4, 0.5) is 0 Å². The van der Waals surface area contributed by atoms with Crippen LogP contribution in [0.15, 0.2) is 41.6 Å². The van der Waals surface area contributed by atoms with E-state index in [4.69, 9.17) is 0 Å². The van der Waals surface area contributed by atoms with Gasteiger partial charge in [0.25, 0.3) is 0 Å². The lowest BCUT2D eigenvalue weighted by Gasteiger charge is -2.01. The summed E-state index contributed by atoms with van der Waals surface area (Å²) in [7, 11) is 0. The van der Waals surface area contributed by atoms with E-state index in [2.05, 4.69) is 10.3 Å². The highest BCUT2D eigenvalue weighted by atomic mass is 32.2. The van der Waals surface area contributed by atoms with Gasteiger partial charge in [-0.2, -0.15) is 0 Å². The summed E-state index contributed by atoms with van der Waals surface area (Å²) in [6, 6.07) is 9.98. The van der Waals surface area contributed by atoms with Crippen molar-refractivity contribution in [1.29, 1.82) is 0 Å². The van der Waals surface area contributed by atoms with Crippen molar-refractivity contribution < 1.29 is 0 Å². The van der Waals surface area contributed by atoms with Crippen molar-refractivity contribution in [3.8, 4) is 5.69 Å². The molecule has 2 aromatic rings. The average molecular weight is 191 g/mol. The fourth-order valence-electron chi connectivity index (χ4n) is 1.11. The van der Waals surface area contributed by atoms with E-state index in [-0.39, 0.29) is 0 Å². The number of benzene rings is 1. The molecule has 0 radical (unpaired) electrons. The van der Waals surface area contributed by atoms with Crippen molar-refractivity contribution >= 4 is 11.8 Å². The second-order valence-electron chi connectivity index (χ2n) is 2.52. The van der Waals surface area contributed by atoms with Crippen molar-refractivity contribution in [1.82, 2.24) is 15.0 Å². The van der Waals surface area contributed by atoms with E-state index in [1.54, 1.807) is 18.0 Å². The summed E-state index contributed by atoms with van der Waals surface area (Å²) in [5.74, 6) is 0. The van der Waals surface area contributed by atoms with Gasteiger partial charge in [0, 0.05) is 0 Å². The van der Waals surface area contributed by atoms with Crippen molar-refractivity contribution in [3.05, 3.63) is 36.5 Å². The van der Waals surface area contributed by atoms with Crippen molar-refractivity contribution in [2.75, 3.05) is 6.26 Å². The van der Waals surface area contributed by atoms with Gasteiger partial charge in [-0.05, 0) is 18.4 Å². The summed E-state index contributed by atoms with van der Waals surface area (Å²) < 4.78 is 1.82. The molecular formula is C9H9N3S. The Hall–Kier alpha value is -1.29. The average Bonchev–Trinajstić information content (AvgIpc) is 2.67. The van der Waals surface area contributed by atoms with E-state index in [1.165, 1.54) is 0 Å². The molecule has 0 atom stereocenters. The number of rotatable bonds is 2. The molecule has 0 aliphatic carbocycles. The molecule has 0 spiro atoms. The zero-order chi connectivity index (χ0) is 9.10. The van der Waals surface area contributed by atoms with Gasteiger partial charge in [0.2, 0.25) is 0 Å². The van der Waals surface area contributed by atoms with E-state index >= 15 is 0 Å². The first-order valence-electron chi connectivity index (χ1n) is 3.92. The van der Waals surface area contributed by atoms with Crippen LogP contribution in [0.5, 0.6) is 0 Å². The lowest BCUT2D eigenvalue weighted by molar-refractivity contribution is 0.757. The Balaban J connectivity index is 2.47. The minimum absolute atomic E-state index is 1.05. The lowest BCUT2D eigenvalue weighted by atomic mass is 10.3. The zero-order valence-corrected chi connectivity index (χ0v) is 8.03. The Morgan fingerprint density at radius 2 is 2.00 bits per heavy atom. The summed E-state index contributed by atoms with van der Waals surface area (Å²) in [5, 5.41) is 8.91. The molecular weight excluding hydrogens is 182 g/mol. The van der Waals surface area contributed by atoms with Crippen LogP contribution in [0, 0.1) is 0 Å². The maximum absolute atomic E-state index is 4.00. The summed E-state index contributed by atoms with van der Waals surface area (Å²) in [6.45, 7) is 0. The summed E-state index contributed by atoms with van der Waals surface area (Å²) in [4.78, 5) is 0. The number of para-hydroxylation sites is 1. The van der Waals surface area contributed by atoms with Gasteiger partial charge in [-0.3, -0.25) is 0 Å². The van der Waals surface area contributed by atoms with E-state index in [0.717, 1.165) is 10.7 Å². The van der Waals surface area contributed by atoms with E-state index < -0.39 is 0 Å². The van der Waals surface area contributed by atoms with Gasteiger partial charge < -0.3 is 0 Å². The van der Waals surface area contributed by atoms with Gasteiger partial charge >= 0.3 is 0 Å². The molecule has 2 rings (SSSR count). The molecule has 0 N–H and O–H groups in total. The minimum Gasteiger partial charge on any atom is -0.207 e. The summed E-state index contributed by atoms with van der Waals surface area (Å²) in [5.41, 5.74) is 1.05. The molecule has 66 valence electrons. The monoisotopic (exact) mass is 191 g/mol. The fraction of sp³-hybridized carbons (Fsp3) is 0.111. The molecule has 1 aromatic carbocycles. The predicted molar refractivity (Wildman–Crippen MR) is 53.1 cm³/mol. The van der Waals surface area contributed by atoms with E-state index in [1.807, 2.05) is 41.3 Å². The quantitative estimate of drug-likeness (QED) is 0.680. The second kappa shape index (κ2) is 3.62. The van der Waals surface area contributed by atoms with Crippen molar-refractivity contribution in [2.45, 2.75) is 5.03 Å². The highest BCUT2D eigenvalue weighted by Gasteiger charge is 2.02. The van der Waals surface area contributed by atoms with Crippen molar-refractivity contribution in [2.24, 2.45) is 0 Å². The number of hydrogen-bond donors (Lipinski definition) is 0. The van der Waals surface area contributed by atoms with Gasteiger partial charge in [-0.25, -0.2) is 4.68 Å². The first-order valence-corrected chi connectivity index (χ1v) is 5.14. The first-order chi connectivity index (χ1) is 6.42. The summed E-state index contributed by atoms with van der Waals surface area (Å²) in [6.07, 6.45) is 3.77. The summed E-state index contributed by atoms with van der Waals surface area (Å²) >= 11 is 1.63. The minimum atomic E-state index is 1.05. The van der Waals surface area contributed by atoms with Gasteiger partial charge in [0.1, 0.15) is 5.03 Å². The molecule has 1 heterocycles. The van der Waals surface area contributed by atoms with Crippen LogP contribution in [-0.2, 0) is 0 Å².